The molecule has 0 fully saturated rings. The molecule has 1 atom stereocenters. The highest BCUT2D eigenvalue weighted by Gasteiger charge is 2.17. The van der Waals surface area contributed by atoms with Crippen LogP contribution in [0.4, 0.5) is 0 Å². The van der Waals surface area contributed by atoms with Gasteiger partial charge in [0, 0.05) is 7.05 Å². The minimum atomic E-state index is -1.16. The first-order chi connectivity index (χ1) is 8.18. The lowest BCUT2D eigenvalue weighted by Gasteiger charge is -2.16. The summed E-state index contributed by atoms with van der Waals surface area (Å²) in [6, 6.07) is 8.85. The minimum Gasteiger partial charge on any atom is -0.549 e. The zero-order valence-corrected chi connectivity index (χ0v) is 9.79. The molecule has 2 rings (SSSR count). The van der Waals surface area contributed by atoms with Gasteiger partial charge in [0.1, 0.15) is 0 Å². The van der Waals surface area contributed by atoms with Crippen LogP contribution < -0.4 is 5.11 Å². The van der Waals surface area contributed by atoms with E-state index in [9.17, 15) is 9.90 Å². The summed E-state index contributed by atoms with van der Waals surface area (Å²) in [6.45, 7) is 0. The van der Waals surface area contributed by atoms with Crippen molar-refractivity contribution in [2.45, 2.75) is 10.4 Å². The minimum absolute atomic E-state index is 0.433. The Kier molecular flexibility index (Phi) is 3.38. The summed E-state index contributed by atoms with van der Waals surface area (Å²) < 4.78 is 1.42. The van der Waals surface area contributed by atoms with Gasteiger partial charge in [-0.25, -0.2) is 4.68 Å². The second-order valence-electron chi connectivity index (χ2n) is 3.31. The SMILES string of the molecule is Cn1nnnc1S[C@H](C(=O)[O-])c1ccccc1. The van der Waals surface area contributed by atoms with Crippen molar-refractivity contribution in [2.24, 2.45) is 7.05 Å². The number of rotatable bonds is 4. The van der Waals surface area contributed by atoms with Gasteiger partial charge in [-0.2, -0.15) is 0 Å². The van der Waals surface area contributed by atoms with E-state index in [1.54, 1.807) is 31.3 Å². The molecule has 6 nitrogen and oxygen atoms in total. The summed E-state index contributed by atoms with van der Waals surface area (Å²) in [4.78, 5) is 11.1. The van der Waals surface area contributed by atoms with E-state index in [0.29, 0.717) is 10.7 Å². The highest BCUT2D eigenvalue weighted by atomic mass is 32.2. The topological polar surface area (TPSA) is 83.7 Å². The van der Waals surface area contributed by atoms with Crippen LogP contribution in [0.25, 0.3) is 0 Å². The van der Waals surface area contributed by atoms with E-state index in [1.807, 2.05) is 6.07 Å². The van der Waals surface area contributed by atoms with Crippen LogP contribution >= 0.6 is 11.8 Å². The van der Waals surface area contributed by atoms with E-state index in [1.165, 1.54) is 4.68 Å². The van der Waals surface area contributed by atoms with Crippen LogP contribution in [0.3, 0.4) is 0 Å². The molecule has 7 heteroatoms. The molecule has 1 heterocycles. The Morgan fingerprint density at radius 3 is 2.65 bits per heavy atom. The van der Waals surface area contributed by atoms with Crippen molar-refractivity contribution in [2.75, 3.05) is 0 Å². The zero-order valence-electron chi connectivity index (χ0n) is 8.98. The summed E-state index contributed by atoms with van der Waals surface area (Å²) in [5.74, 6) is -1.16. The number of hydrogen-bond acceptors (Lipinski definition) is 6. The average Bonchev–Trinajstić information content (AvgIpc) is 2.72. The highest BCUT2D eigenvalue weighted by molar-refractivity contribution is 8.00. The number of aromatic nitrogens is 4. The number of nitrogens with zero attached hydrogens (tertiary/aromatic N) is 4. The van der Waals surface area contributed by atoms with Crippen molar-refractivity contribution >= 4 is 17.7 Å². The van der Waals surface area contributed by atoms with Gasteiger partial charge in [0.05, 0.1) is 11.2 Å². The van der Waals surface area contributed by atoms with Crippen LogP contribution in [-0.4, -0.2) is 26.2 Å². The Balaban J connectivity index is 2.26. The van der Waals surface area contributed by atoms with E-state index in [4.69, 9.17) is 0 Å². The molecular formula is C10H9N4O2S-. The number of benzene rings is 1. The van der Waals surface area contributed by atoms with Gasteiger partial charge in [0.2, 0.25) is 5.16 Å². The Morgan fingerprint density at radius 1 is 1.41 bits per heavy atom. The molecule has 0 spiro atoms. The van der Waals surface area contributed by atoms with Crippen molar-refractivity contribution < 1.29 is 9.90 Å². The quantitative estimate of drug-likeness (QED) is 0.697. The van der Waals surface area contributed by atoms with Crippen LogP contribution in [0.15, 0.2) is 35.5 Å². The Hall–Kier alpha value is -1.89. The van der Waals surface area contributed by atoms with E-state index < -0.39 is 11.2 Å². The van der Waals surface area contributed by atoms with Crippen molar-refractivity contribution in [3.05, 3.63) is 35.9 Å². The average molecular weight is 249 g/mol. The summed E-state index contributed by atoms with van der Waals surface area (Å²) in [5.41, 5.74) is 0.653. The fourth-order valence-corrected chi connectivity index (χ4v) is 2.18. The van der Waals surface area contributed by atoms with Gasteiger partial charge < -0.3 is 9.90 Å². The third-order valence-electron chi connectivity index (χ3n) is 2.12. The standard InChI is InChI=1S/C10H10N4O2S/c1-14-10(11-12-13-14)17-8(9(15)16)7-5-3-2-4-6-7/h2-6,8H,1H3,(H,15,16)/p-1/t8-/m0/s1. The Bertz CT molecular complexity index is 514. The molecule has 1 aromatic heterocycles. The normalized spacial score (nSPS) is 12.3. The molecule has 0 aliphatic rings. The lowest BCUT2D eigenvalue weighted by Crippen LogP contribution is -2.28. The maximum atomic E-state index is 11.1. The summed E-state index contributed by atoms with van der Waals surface area (Å²) in [7, 11) is 1.65. The van der Waals surface area contributed by atoms with E-state index in [0.717, 1.165) is 11.8 Å². The summed E-state index contributed by atoms with van der Waals surface area (Å²) >= 11 is 1.05. The number of thioether (sulfide) groups is 1. The third-order valence-corrected chi connectivity index (χ3v) is 3.38. The van der Waals surface area contributed by atoms with Crippen LogP contribution in [0.1, 0.15) is 10.8 Å². The van der Waals surface area contributed by atoms with Crippen LogP contribution in [0.5, 0.6) is 0 Å². The van der Waals surface area contributed by atoms with Gasteiger partial charge in [-0.05, 0) is 16.0 Å². The number of tetrazole rings is 1. The summed E-state index contributed by atoms with van der Waals surface area (Å²) in [6.07, 6.45) is 0. The molecule has 2 aromatic rings. The number of aliphatic carboxylic acids is 1. The number of carboxylic acid groups (broad SMARTS) is 1. The highest BCUT2D eigenvalue weighted by Crippen LogP contribution is 2.32. The predicted octanol–water partition coefficient (Wildman–Crippen LogP) is -0.207. The monoisotopic (exact) mass is 249 g/mol. The lowest BCUT2D eigenvalue weighted by atomic mass is 10.1. The molecule has 0 aliphatic carbocycles. The fraction of sp³-hybridized carbons (Fsp3) is 0.200. The maximum Gasteiger partial charge on any atom is 0.210 e. The fourth-order valence-electron chi connectivity index (χ4n) is 1.31. The second-order valence-corrected chi connectivity index (χ2v) is 4.38. The van der Waals surface area contributed by atoms with E-state index >= 15 is 0 Å². The molecule has 0 radical (unpaired) electrons. The molecule has 88 valence electrons. The largest absolute Gasteiger partial charge is 0.549 e. The Labute approximate surface area is 102 Å². The van der Waals surface area contributed by atoms with Gasteiger partial charge in [-0.3, -0.25) is 0 Å². The smallest absolute Gasteiger partial charge is 0.210 e. The van der Waals surface area contributed by atoms with Crippen molar-refractivity contribution in [3.63, 3.8) is 0 Å². The van der Waals surface area contributed by atoms with E-state index in [-0.39, 0.29) is 0 Å². The van der Waals surface area contributed by atoms with Gasteiger partial charge in [0.15, 0.2) is 0 Å². The van der Waals surface area contributed by atoms with Crippen LogP contribution in [-0.2, 0) is 11.8 Å². The molecule has 0 aliphatic heterocycles. The third kappa shape index (κ3) is 2.62. The molecule has 0 bridgehead atoms. The Morgan fingerprint density at radius 2 is 2.12 bits per heavy atom. The molecule has 1 aromatic carbocycles. The number of aryl methyl sites for hydroxylation is 1. The number of carboxylic acids is 1. The van der Waals surface area contributed by atoms with Crippen molar-refractivity contribution in [1.82, 2.24) is 20.2 Å². The molecule has 0 N–H and O–H groups in total. The number of carbonyl (C=O) groups is 1. The molecule has 0 saturated carbocycles. The zero-order chi connectivity index (χ0) is 12.3. The first-order valence-corrected chi connectivity index (χ1v) is 5.71. The van der Waals surface area contributed by atoms with Crippen molar-refractivity contribution in [1.29, 1.82) is 0 Å². The molecule has 0 saturated heterocycles. The first-order valence-electron chi connectivity index (χ1n) is 4.83. The van der Waals surface area contributed by atoms with Gasteiger partial charge in [-0.1, -0.05) is 42.1 Å². The molecular weight excluding hydrogens is 240 g/mol. The van der Waals surface area contributed by atoms with E-state index in [2.05, 4.69) is 15.5 Å². The molecule has 0 unspecified atom stereocenters. The lowest BCUT2D eigenvalue weighted by molar-refractivity contribution is -0.305. The summed E-state index contributed by atoms with van der Waals surface area (Å²) in [5, 5.41) is 21.6. The van der Waals surface area contributed by atoms with Gasteiger partial charge in [0.25, 0.3) is 0 Å². The predicted molar refractivity (Wildman–Crippen MR) is 58.8 cm³/mol. The number of hydrogen-bond donors (Lipinski definition) is 0. The van der Waals surface area contributed by atoms with Gasteiger partial charge in [-0.15, -0.1) is 5.10 Å². The second kappa shape index (κ2) is 4.96. The maximum absolute atomic E-state index is 11.1. The number of carbonyl (C=O) groups excluding carboxylic acids is 1. The molecule has 17 heavy (non-hydrogen) atoms. The molecule has 0 amide bonds. The first kappa shape index (κ1) is 11.6. The van der Waals surface area contributed by atoms with Crippen LogP contribution in [0.2, 0.25) is 0 Å². The van der Waals surface area contributed by atoms with Crippen LogP contribution in [0, 0.1) is 0 Å². The van der Waals surface area contributed by atoms with Crippen molar-refractivity contribution in [3.8, 4) is 0 Å². The van der Waals surface area contributed by atoms with Gasteiger partial charge >= 0.3 is 0 Å².